The van der Waals surface area contributed by atoms with Gasteiger partial charge in [-0.2, -0.15) is 0 Å². The van der Waals surface area contributed by atoms with Crippen LogP contribution in [0.15, 0.2) is 18.2 Å². The maximum atomic E-state index is 12.7. The molecule has 4 N–H and O–H groups in total. The van der Waals surface area contributed by atoms with E-state index in [1.807, 2.05) is 19.1 Å². The molecule has 3 atom stereocenters. The third-order valence-electron chi connectivity index (χ3n) is 4.44. The zero-order chi connectivity index (χ0) is 22.1. The first-order valence-corrected chi connectivity index (χ1v) is 9.26. The summed E-state index contributed by atoms with van der Waals surface area (Å²) in [7, 11) is 1.50. The van der Waals surface area contributed by atoms with Gasteiger partial charge in [0, 0.05) is 5.56 Å². The van der Waals surface area contributed by atoms with Gasteiger partial charge in [0.2, 0.25) is 5.91 Å². The van der Waals surface area contributed by atoms with E-state index >= 15 is 0 Å². The second-order valence-electron chi connectivity index (χ2n) is 7.19. The summed E-state index contributed by atoms with van der Waals surface area (Å²) in [5.74, 6) is -2.38. The lowest BCUT2D eigenvalue weighted by molar-refractivity contribution is -0.140. The number of nitrogens with one attached hydrogen (secondary N) is 2. The van der Waals surface area contributed by atoms with Gasteiger partial charge < -0.3 is 20.3 Å². The molecule has 1 aromatic carbocycles. The number of aliphatic hydroxyl groups excluding tert-OH is 1. The van der Waals surface area contributed by atoms with Crippen molar-refractivity contribution in [1.82, 2.24) is 10.6 Å². The molecule has 8 nitrogen and oxygen atoms in total. The number of benzene rings is 1. The molecule has 0 saturated carbocycles. The molecule has 3 unspecified atom stereocenters. The topological polar surface area (TPSA) is 125 Å². The van der Waals surface area contributed by atoms with E-state index in [1.165, 1.54) is 7.11 Å². The highest BCUT2D eigenvalue weighted by atomic mass is 19.1. The van der Waals surface area contributed by atoms with E-state index in [-0.39, 0.29) is 18.2 Å². The van der Waals surface area contributed by atoms with Crippen LogP contribution in [0.1, 0.15) is 31.4 Å². The van der Waals surface area contributed by atoms with E-state index in [2.05, 4.69) is 10.6 Å². The number of aryl methyl sites for hydroxylation is 1. The van der Waals surface area contributed by atoms with Crippen molar-refractivity contribution in [3.8, 4) is 5.75 Å². The Labute approximate surface area is 169 Å². The maximum absolute atomic E-state index is 12.7. The molecule has 0 heterocycles. The van der Waals surface area contributed by atoms with Crippen LogP contribution < -0.4 is 15.4 Å². The first-order valence-electron chi connectivity index (χ1n) is 9.26. The van der Waals surface area contributed by atoms with Gasteiger partial charge in [0.05, 0.1) is 32.0 Å². The number of aliphatic hydroxyl groups is 1. The number of amides is 1. The van der Waals surface area contributed by atoms with Gasteiger partial charge >= 0.3 is 5.97 Å². The number of carbonyl (C=O) groups excluding carboxylic acids is 2. The van der Waals surface area contributed by atoms with Gasteiger partial charge in [0.25, 0.3) is 0 Å². The SMILES string of the molecule is COc1ccc(C)cc1CC(=O)NC(C(C)C)C(O)NC(CC(=O)O)C(=O)CF. The van der Waals surface area contributed by atoms with Gasteiger partial charge in [0.1, 0.15) is 18.7 Å². The van der Waals surface area contributed by atoms with Crippen molar-refractivity contribution >= 4 is 17.7 Å². The summed E-state index contributed by atoms with van der Waals surface area (Å²) in [6, 6.07) is 3.20. The Morgan fingerprint density at radius 2 is 1.90 bits per heavy atom. The largest absolute Gasteiger partial charge is 0.496 e. The molecule has 1 aromatic rings. The highest BCUT2D eigenvalue weighted by Crippen LogP contribution is 2.20. The molecule has 0 aliphatic carbocycles. The van der Waals surface area contributed by atoms with Crippen molar-refractivity contribution in [3.05, 3.63) is 29.3 Å². The number of ether oxygens (including phenoxy) is 1. The minimum absolute atomic E-state index is 0.00274. The molecular formula is C20H29FN2O6. The summed E-state index contributed by atoms with van der Waals surface area (Å²) in [5.41, 5.74) is 1.63. The molecule has 0 spiro atoms. The Morgan fingerprint density at radius 1 is 1.24 bits per heavy atom. The van der Waals surface area contributed by atoms with E-state index < -0.39 is 43.2 Å². The molecule has 29 heavy (non-hydrogen) atoms. The number of carboxylic acids is 1. The second-order valence-corrected chi connectivity index (χ2v) is 7.19. The highest BCUT2D eigenvalue weighted by molar-refractivity contribution is 5.88. The van der Waals surface area contributed by atoms with Crippen LogP contribution in [-0.2, 0) is 20.8 Å². The van der Waals surface area contributed by atoms with Gasteiger partial charge in [-0.1, -0.05) is 31.5 Å². The van der Waals surface area contributed by atoms with Crippen molar-refractivity contribution in [2.75, 3.05) is 13.8 Å². The predicted molar refractivity (Wildman–Crippen MR) is 104 cm³/mol. The average Bonchev–Trinajstić information content (AvgIpc) is 2.64. The Kier molecular flexibility index (Phi) is 9.70. The van der Waals surface area contributed by atoms with E-state index in [1.54, 1.807) is 19.9 Å². The second kappa shape index (κ2) is 11.5. The van der Waals surface area contributed by atoms with Crippen molar-refractivity contribution in [1.29, 1.82) is 0 Å². The summed E-state index contributed by atoms with van der Waals surface area (Å²) in [6.45, 7) is 4.01. The Morgan fingerprint density at radius 3 is 2.41 bits per heavy atom. The lowest BCUT2D eigenvalue weighted by Crippen LogP contribution is -2.57. The fraction of sp³-hybridized carbons (Fsp3) is 0.550. The van der Waals surface area contributed by atoms with Crippen LogP contribution in [0.25, 0.3) is 0 Å². The van der Waals surface area contributed by atoms with Crippen LogP contribution in [-0.4, -0.2) is 60.0 Å². The van der Waals surface area contributed by atoms with Crippen LogP contribution in [0.5, 0.6) is 5.75 Å². The monoisotopic (exact) mass is 412 g/mol. The summed E-state index contributed by atoms with van der Waals surface area (Å²) in [5, 5.41) is 24.5. The first kappa shape index (κ1) is 24.5. The molecule has 0 radical (unpaired) electrons. The number of halogens is 1. The molecule has 1 rings (SSSR count). The zero-order valence-corrected chi connectivity index (χ0v) is 17.1. The summed E-state index contributed by atoms with van der Waals surface area (Å²) < 4.78 is 18.0. The van der Waals surface area contributed by atoms with Gasteiger partial charge in [-0.3, -0.25) is 19.7 Å². The average molecular weight is 412 g/mol. The molecule has 9 heteroatoms. The number of rotatable bonds is 12. The Balaban J connectivity index is 2.88. The molecule has 0 saturated heterocycles. The number of methoxy groups -OCH3 is 1. The van der Waals surface area contributed by atoms with Crippen LogP contribution >= 0.6 is 0 Å². The smallest absolute Gasteiger partial charge is 0.305 e. The molecule has 0 aliphatic heterocycles. The van der Waals surface area contributed by atoms with Gasteiger partial charge in [-0.05, 0) is 18.9 Å². The molecule has 0 fully saturated rings. The first-order chi connectivity index (χ1) is 13.6. The number of carboxylic acid groups (broad SMARTS) is 1. The van der Waals surface area contributed by atoms with Crippen LogP contribution in [0.3, 0.4) is 0 Å². The predicted octanol–water partition coefficient (Wildman–Crippen LogP) is 0.977. The van der Waals surface area contributed by atoms with Crippen molar-refractivity contribution in [2.45, 2.75) is 51.9 Å². The van der Waals surface area contributed by atoms with E-state index in [0.717, 1.165) is 5.56 Å². The maximum Gasteiger partial charge on any atom is 0.305 e. The lowest BCUT2D eigenvalue weighted by atomic mass is 10.00. The molecule has 0 aliphatic rings. The minimum Gasteiger partial charge on any atom is -0.496 e. The normalized spacial score (nSPS) is 14.2. The summed E-state index contributed by atoms with van der Waals surface area (Å²) >= 11 is 0. The molecule has 0 bridgehead atoms. The molecular weight excluding hydrogens is 383 g/mol. The van der Waals surface area contributed by atoms with Crippen molar-refractivity contribution < 1.29 is 33.7 Å². The number of hydrogen-bond donors (Lipinski definition) is 4. The van der Waals surface area contributed by atoms with Crippen LogP contribution in [0.4, 0.5) is 4.39 Å². The van der Waals surface area contributed by atoms with Crippen molar-refractivity contribution in [2.24, 2.45) is 5.92 Å². The van der Waals surface area contributed by atoms with Gasteiger partial charge in [-0.15, -0.1) is 0 Å². The fourth-order valence-corrected chi connectivity index (χ4v) is 2.91. The van der Waals surface area contributed by atoms with Gasteiger partial charge in [0.15, 0.2) is 5.78 Å². The molecule has 1 amide bonds. The van der Waals surface area contributed by atoms with Crippen LogP contribution in [0.2, 0.25) is 0 Å². The van der Waals surface area contributed by atoms with Crippen LogP contribution in [0, 0.1) is 12.8 Å². The summed E-state index contributed by atoms with van der Waals surface area (Å²) in [4.78, 5) is 35.1. The van der Waals surface area contributed by atoms with E-state index in [0.29, 0.717) is 11.3 Å². The minimum atomic E-state index is -1.45. The standard InChI is InChI=1S/C20H29FN2O6/c1-11(2)19(20(28)22-14(9-18(26)27)15(24)10-21)23-17(25)8-13-7-12(3)5-6-16(13)29-4/h5-7,11,14,19-20,22,28H,8-10H2,1-4H3,(H,23,25)(H,26,27). The Bertz CT molecular complexity index is 725. The fourth-order valence-electron chi connectivity index (χ4n) is 2.91. The number of Topliss-reactive ketones (excluding diaryl/α,β-unsaturated/α-hetero) is 1. The van der Waals surface area contributed by atoms with E-state index in [4.69, 9.17) is 9.84 Å². The van der Waals surface area contributed by atoms with Gasteiger partial charge in [-0.25, -0.2) is 4.39 Å². The molecule has 0 aromatic heterocycles. The molecule has 162 valence electrons. The number of hydrogen-bond acceptors (Lipinski definition) is 6. The number of carbonyl (C=O) groups is 3. The third-order valence-corrected chi connectivity index (χ3v) is 4.44. The summed E-state index contributed by atoms with van der Waals surface area (Å²) in [6.07, 6.45) is -2.12. The number of alkyl halides is 1. The number of ketones is 1. The zero-order valence-electron chi connectivity index (χ0n) is 17.1. The van der Waals surface area contributed by atoms with E-state index in [9.17, 15) is 23.9 Å². The highest BCUT2D eigenvalue weighted by Gasteiger charge is 2.30. The van der Waals surface area contributed by atoms with Crippen molar-refractivity contribution in [3.63, 3.8) is 0 Å². The third kappa shape index (κ3) is 7.78. The number of aliphatic carboxylic acids is 1. The Hall–Kier alpha value is -2.52. The quantitative estimate of drug-likeness (QED) is 0.377. The lowest BCUT2D eigenvalue weighted by Gasteiger charge is -2.30.